The van der Waals surface area contributed by atoms with E-state index in [0.717, 1.165) is 48.3 Å². The molecule has 4 aromatic rings. The van der Waals surface area contributed by atoms with Crippen LogP contribution in [0.3, 0.4) is 0 Å². The van der Waals surface area contributed by atoms with Gasteiger partial charge < -0.3 is 19.7 Å². The molecule has 0 radical (unpaired) electrons. The topological polar surface area (TPSA) is 104 Å². The molecule has 0 bridgehead atoms. The van der Waals surface area contributed by atoms with Gasteiger partial charge in [-0.25, -0.2) is 4.98 Å². The maximum atomic E-state index is 13.0. The average molecular weight is 448 g/mol. The third-order valence-electron chi connectivity index (χ3n) is 6.59. The van der Waals surface area contributed by atoms with E-state index in [2.05, 4.69) is 20.4 Å². The summed E-state index contributed by atoms with van der Waals surface area (Å²) < 4.78 is 5.31. The third-order valence-corrected chi connectivity index (χ3v) is 7.48. The number of fused-ring (bicyclic) bond motifs is 1. The number of carbonyl (C=O) groups is 2. The summed E-state index contributed by atoms with van der Waals surface area (Å²) in [6.45, 7) is 1.47. The molecule has 2 amide bonds. The molecule has 1 saturated carbocycles. The standard InChI is InChI=1S/C23H21N5O3S/c29-21(18-9-19(31-27-18)20-2-1-7-32-20)26-15-10-23(11-15)5-6-28(12-23)22(30)14-3-4-16-17(8-14)25-13-24-16/h1-4,7-9,13,15H,5-6,10-12H2,(H,24,25)(H,26,29). The van der Waals surface area contributed by atoms with E-state index in [-0.39, 0.29) is 23.3 Å². The monoisotopic (exact) mass is 447 g/mol. The van der Waals surface area contributed by atoms with Crippen LogP contribution in [0.15, 0.2) is 52.6 Å². The largest absolute Gasteiger partial charge is 0.355 e. The van der Waals surface area contributed by atoms with E-state index < -0.39 is 0 Å². The predicted octanol–water partition coefficient (Wildman–Crippen LogP) is 3.70. The second kappa shape index (κ2) is 7.30. The fraction of sp³-hybridized carbons (Fsp3) is 0.304. The van der Waals surface area contributed by atoms with Crippen LogP contribution in [0, 0.1) is 5.41 Å². The quantitative estimate of drug-likeness (QED) is 0.496. The summed E-state index contributed by atoms with van der Waals surface area (Å²) in [4.78, 5) is 35.7. The Labute approximate surface area is 187 Å². The zero-order valence-corrected chi connectivity index (χ0v) is 18.0. The first-order valence-electron chi connectivity index (χ1n) is 10.6. The zero-order chi connectivity index (χ0) is 21.7. The molecule has 1 saturated heterocycles. The van der Waals surface area contributed by atoms with Crippen LogP contribution in [0.4, 0.5) is 0 Å². The zero-order valence-electron chi connectivity index (χ0n) is 17.2. The minimum absolute atomic E-state index is 0.0505. The summed E-state index contributed by atoms with van der Waals surface area (Å²) in [6.07, 6.45) is 4.34. The van der Waals surface area contributed by atoms with Gasteiger partial charge in [-0.1, -0.05) is 11.2 Å². The average Bonchev–Trinajstić information content (AvgIpc) is 3.57. The number of nitrogens with zero attached hydrogens (tertiary/aromatic N) is 3. The van der Waals surface area contributed by atoms with E-state index in [1.54, 1.807) is 23.7 Å². The first kappa shape index (κ1) is 19.2. The Bertz CT molecular complexity index is 1300. The fourth-order valence-electron chi connectivity index (χ4n) is 4.96. The number of carbonyl (C=O) groups excluding carboxylic acids is 2. The lowest BCUT2D eigenvalue weighted by molar-refractivity contribution is 0.0607. The highest BCUT2D eigenvalue weighted by atomic mass is 32.1. The molecule has 1 aromatic carbocycles. The van der Waals surface area contributed by atoms with Crippen LogP contribution in [0.2, 0.25) is 0 Å². The third kappa shape index (κ3) is 3.29. The maximum Gasteiger partial charge on any atom is 0.273 e. The van der Waals surface area contributed by atoms with Crippen molar-refractivity contribution < 1.29 is 14.1 Å². The molecule has 0 unspecified atom stereocenters. The molecule has 9 heteroatoms. The van der Waals surface area contributed by atoms with E-state index >= 15 is 0 Å². The van der Waals surface area contributed by atoms with Gasteiger partial charge in [0, 0.05) is 30.8 Å². The van der Waals surface area contributed by atoms with Crippen molar-refractivity contribution in [2.45, 2.75) is 25.3 Å². The fourth-order valence-corrected chi connectivity index (χ4v) is 5.63. The minimum Gasteiger partial charge on any atom is -0.355 e. The molecule has 162 valence electrons. The minimum atomic E-state index is -0.213. The molecule has 0 atom stereocenters. The van der Waals surface area contributed by atoms with Crippen LogP contribution in [0.5, 0.6) is 0 Å². The number of aromatic amines is 1. The number of thiophene rings is 1. The van der Waals surface area contributed by atoms with Crippen molar-refractivity contribution in [3.05, 3.63) is 59.4 Å². The van der Waals surface area contributed by atoms with Crippen LogP contribution in [-0.2, 0) is 0 Å². The van der Waals surface area contributed by atoms with Crippen LogP contribution in [-0.4, -0.2) is 51.0 Å². The number of benzene rings is 1. The number of likely N-dealkylation sites (tertiary alicyclic amines) is 1. The van der Waals surface area contributed by atoms with Gasteiger partial charge in [-0.15, -0.1) is 11.3 Å². The number of imidazole rings is 1. The first-order chi connectivity index (χ1) is 15.6. The summed E-state index contributed by atoms with van der Waals surface area (Å²) in [5.41, 5.74) is 2.79. The van der Waals surface area contributed by atoms with Crippen LogP contribution < -0.4 is 5.32 Å². The highest BCUT2D eigenvalue weighted by Crippen LogP contribution is 2.48. The van der Waals surface area contributed by atoms with E-state index in [1.807, 2.05) is 40.6 Å². The van der Waals surface area contributed by atoms with Gasteiger partial charge in [0.2, 0.25) is 0 Å². The Balaban J connectivity index is 1.05. The van der Waals surface area contributed by atoms with Crippen LogP contribution >= 0.6 is 11.3 Å². The highest BCUT2D eigenvalue weighted by molar-refractivity contribution is 7.13. The number of rotatable bonds is 4. The van der Waals surface area contributed by atoms with E-state index in [4.69, 9.17) is 4.52 Å². The lowest BCUT2D eigenvalue weighted by Gasteiger charge is -2.45. The summed E-state index contributed by atoms with van der Waals surface area (Å²) in [5.74, 6) is 0.443. The van der Waals surface area contributed by atoms with E-state index in [9.17, 15) is 9.59 Å². The Kier molecular flexibility index (Phi) is 4.39. The molecule has 1 aliphatic carbocycles. The molecule has 2 fully saturated rings. The van der Waals surface area contributed by atoms with Gasteiger partial charge in [0.25, 0.3) is 11.8 Å². The van der Waals surface area contributed by atoms with Gasteiger partial charge in [0.15, 0.2) is 11.5 Å². The molecule has 8 nitrogen and oxygen atoms in total. The van der Waals surface area contributed by atoms with Gasteiger partial charge in [-0.05, 0) is 54.3 Å². The number of nitrogens with one attached hydrogen (secondary N) is 2. The van der Waals surface area contributed by atoms with Crippen molar-refractivity contribution in [3.8, 4) is 10.6 Å². The van der Waals surface area contributed by atoms with Crippen molar-refractivity contribution in [2.75, 3.05) is 13.1 Å². The summed E-state index contributed by atoms with van der Waals surface area (Å²) >= 11 is 1.54. The van der Waals surface area contributed by atoms with E-state index in [0.29, 0.717) is 17.0 Å². The highest BCUT2D eigenvalue weighted by Gasteiger charge is 2.50. The van der Waals surface area contributed by atoms with Gasteiger partial charge in [-0.2, -0.15) is 0 Å². The molecule has 2 N–H and O–H groups in total. The lowest BCUT2D eigenvalue weighted by Crippen LogP contribution is -2.52. The summed E-state index contributed by atoms with van der Waals surface area (Å²) in [7, 11) is 0. The van der Waals surface area contributed by atoms with Crippen molar-refractivity contribution in [2.24, 2.45) is 5.41 Å². The van der Waals surface area contributed by atoms with Gasteiger partial charge in [0.1, 0.15) is 0 Å². The molecule has 1 aliphatic heterocycles. The summed E-state index contributed by atoms with van der Waals surface area (Å²) in [5, 5.41) is 8.94. The van der Waals surface area contributed by atoms with Crippen molar-refractivity contribution in [1.29, 1.82) is 0 Å². The number of amides is 2. The van der Waals surface area contributed by atoms with Crippen molar-refractivity contribution in [3.63, 3.8) is 0 Å². The van der Waals surface area contributed by atoms with Crippen LogP contribution in [0.25, 0.3) is 21.7 Å². The van der Waals surface area contributed by atoms with E-state index in [1.165, 1.54) is 0 Å². The maximum absolute atomic E-state index is 13.0. The SMILES string of the molecule is O=C(NC1CC2(CCN(C(=O)c3ccc4nc[nH]c4c3)C2)C1)c1cc(-c2cccs2)on1. The Morgan fingerprint density at radius 2 is 2.16 bits per heavy atom. The molecule has 1 spiro atoms. The normalized spacial score (nSPS) is 22.4. The molecule has 32 heavy (non-hydrogen) atoms. The van der Waals surface area contributed by atoms with Gasteiger partial charge in [0.05, 0.1) is 22.2 Å². The lowest BCUT2D eigenvalue weighted by atomic mass is 9.65. The van der Waals surface area contributed by atoms with Gasteiger partial charge >= 0.3 is 0 Å². The molecular formula is C23H21N5O3S. The second-order valence-corrected chi connectivity index (χ2v) is 9.69. The number of hydrogen-bond acceptors (Lipinski definition) is 6. The molecule has 4 heterocycles. The Hall–Kier alpha value is -3.46. The van der Waals surface area contributed by atoms with Crippen molar-refractivity contribution >= 4 is 34.2 Å². The second-order valence-electron chi connectivity index (χ2n) is 8.74. The molecule has 2 aliphatic rings. The Morgan fingerprint density at radius 1 is 1.25 bits per heavy atom. The Morgan fingerprint density at radius 3 is 3.00 bits per heavy atom. The molecule has 6 rings (SSSR count). The predicted molar refractivity (Wildman–Crippen MR) is 119 cm³/mol. The summed E-state index contributed by atoms with van der Waals surface area (Å²) in [6, 6.07) is 11.2. The number of aromatic nitrogens is 3. The first-order valence-corrected chi connectivity index (χ1v) is 11.5. The van der Waals surface area contributed by atoms with Gasteiger partial charge in [-0.3, -0.25) is 9.59 Å². The molecule has 3 aromatic heterocycles. The van der Waals surface area contributed by atoms with Crippen molar-refractivity contribution in [1.82, 2.24) is 25.3 Å². The smallest absolute Gasteiger partial charge is 0.273 e. The number of H-pyrrole nitrogens is 1. The number of hydrogen-bond donors (Lipinski definition) is 2. The van der Waals surface area contributed by atoms with Crippen LogP contribution in [0.1, 0.15) is 40.1 Å². The molecular weight excluding hydrogens is 426 g/mol.